The van der Waals surface area contributed by atoms with E-state index in [2.05, 4.69) is 17.3 Å². The van der Waals surface area contributed by atoms with Crippen LogP contribution in [-0.4, -0.2) is 32.6 Å². The fraction of sp³-hybridized carbons (Fsp3) is 0.533. The molecular weight excluding hydrogens is 252 g/mol. The van der Waals surface area contributed by atoms with Crippen LogP contribution in [-0.2, 0) is 4.79 Å². The Morgan fingerprint density at radius 3 is 2.55 bits per heavy atom. The molecule has 0 heterocycles. The molecule has 5 nitrogen and oxygen atoms in total. The van der Waals surface area contributed by atoms with Gasteiger partial charge in [0.1, 0.15) is 0 Å². The average Bonchev–Trinajstić information content (AvgIpc) is 2.45. The Morgan fingerprint density at radius 2 is 1.90 bits per heavy atom. The summed E-state index contributed by atoms with van der Waals surface area (Å²) in [6.07, 6.45) is 3.64. The van der Waals surface area contributed by atoms with E-state index < -0.39 is 0 Å². The van der Waals surface area contributed by atoms with Crippen molar-refractivity contribution in [1.29, 1.82) is 0 Å². The van der Waals surface area contributed by atoms with E-state index in [4.69, 9.17) is 11.5 Å². The molecule has 1 rings (SSSR count). The standard InChI is InChI=1S/C15H26N4O/c1-19(14-8-6-13(17)7-9-14)12-4-2-3-5-15(20)18-11-10-16/h6-9H,2-5,10-12,16-17H2,1H3,(H,18,20). The molecule has 1 aromatic rings. The van der Waals surface area contributed by atoms with Crippen LogP contribution < -0.4 is 21.7 Å². The molecule has 0 aromatic heterocycles. The van der Waals surface area contributed by atoms with Crippen LogP contribution in [0.5, 0.6) is 0 Å². The third kappa shape index (κ3) is 6.43. The number of nitrogen functional groups attached to an aromatic ring is 1. The quantitative estimate of drug-likeness (QED) is 0.470. The first kappa shape index (κ1) is 16.3. The zero-order valence-corrected chi connectivity index (χ0v) is 12.3. The smallest absolute Gasteiger partial charge is 0.220 e. The third-order valence-corrected chi connectivity index (χ3v) is 3.20. The number of carbonyl (C=O) groups is 1. The monoisotopic (exact) mass is 278 g/mol. The molecule has 0 unspecified atom stereocenters. The summed E-state index contributed by atoms with van der Waals surface area (Å²) in [7, 11) is 2.07. The van der Waals surface area contributed by atoms with E-state index in [1.807, 2.05) is 24.3 Å². The number of nitrogens with zero attached hydrogens (tertiary/aromatic N) is 1. The van der Waals surface area contributed by atoms with Crippen molar-refractivity contribution >= 4 is 17.3 Å². The average molecular weight is 278 g/mol. The summed E-state index contributed by atoms with van der Waals surface area (Å²) in [6, 6.07) is 7.87. The molecular formula is C15H26N4O. The maximum absolute atomic E-state index is 11.4. The number of hydrogen-bond acceptors (Lipinski definition) is 4. The summed E-state index contributed by atoms with van der Waals surface area (Å²) in [5, 5.41) is 2.78. The Hall–Kier alpha value is -1.75. The van der Waals surface area contributed by atoms with Crippen LogP contribution >= 0.6 is 0 Å². The van der Waals surface area contributed by atoms with Gasteiger partial charge in [0.25, 0.3) is 0 Å². The molecule has 0 aliphatic carbocycles. The van der Waals surface area contributed by atoms with Crippen LogP contribution in [0.3, 0.4) is 0 Å². The minimum absolute atomic E-state index is 0.0994. The Bertz CT molecular complexity index is 391. The third-order valence-electron chi connectivity index (χ3n) is 3.20. The first-order chi connectivity index (χ1) is 9.63. The minimum atomic E-state index is 0.0994. The number of anilines is 2. The van der Waals surface area contributed by atoms with E-state index in [9.17, 15) is 4.79 Å². The van der Waals surface area contributed by atoms with Crippen molar-refractivity contribution in [3.63, 3.8) is 0 Å². The van der Waals surface area contributed by atoms with E-state index in [-0.39, 0.29) is 5.91 Å². The first-order valence-electron chi connectivity index (χ1n) is 7.17. The maximum atomic E-state index is 11.4. The van der Waals surface area contributed by atoms with Crippen molar-refractivity contribution in [3.8, 4) is 0 Å². The van der Waals surface area contributed by atoms with Gasteiger partial charge in [-0.05, 0) is 37.1 Å². The highest BCUT2D eigenvalue weighted by atomic mass is 16.1. The summed E-state index contributed by atoms with van der Waals surface area (Å²) < 4.78 is 0. The van der Waals surface area contributed by atoms with E-state index in [1.54, 1.807) is 0 Å². The van der Waals surface area contributed by atoms with Crippen LogP contribution in [0, 0.1) is 0 Å². The van der Waals surface area contributed by atoms with Crippen molar-refractivity contribution in [2.24, 2.45) is 5.73 Å². The second-order valence-electron chi connectivity index (χ2n) is 4.96. The zero-order chi connectivity index (χ0) is 14.8. The maximum Gasteiger partial charge on any atom is 0.220 e. The van der Waals surface area contributed by atoms with Gasteiger partial charge in [-0.15, -0.1) is 0 Å². The lowest BCUT2D eigenvalue weighted by Gasteiger charge is -2.19. The highest BCUT2D eigenvalue weighted by Gasteiger charge is 2.02. The van der Waals surface area contributed by atoms with Gasteiger partial charge in [-0.1, -0.05) is 6.42 Å². The fourth-order valence-electron chi connectivity index (χ4n) is 1.97. The lowest BCUT2D eigenvalue weighted by Crippen LogP contribution is -2.28. The lowest BCUT2D eigenvalue weighted by molar-refractivity contribution is -0.121. The largest absolute Gasteiger partial charge is 0.399 e. The van der Waals surface area contributed by atoms with E-state index >= 15 is 0 Å². The molecule has 5 N–H and O–H groups in total. The predicted octanol–water partition coefficient (Wildman–Crippen LogP) is 1.34. The van der Waals surface area contributed by atoms with Gasteiger partial charge < -0.3 is 21.7 Å². The fourth-order valence-corrected chi connectivity index (χ4v) is 1.97. The molecule has 20 heavy (non-hydrogen) atoms. The molecule has 112 valence electrons. The highest BCUT2D eigenvalue weighted by molar-refractivity contribution is 5.75. The highest BCUT2D eigenvalue weighted by Crippen LogP contribution is 2.15. The minimum Gasteiger partial charge on any atom is -0.399 e. The molecule has 0 bridgehead atoms. The summed E-state index contributed by atoms with van der Waals surface area (Å²) in [5.74, 6) is 0.0994. The zero-order valence-electron chi connectivity index (χ0n) is 12.3. The van der Waals surface area contributed by atoms with Crippen LogP contribution in [0.1, 0.15) is 25.7 Å². The van der Waals surface area contributed by atoms with E-state index in [0.717, 1.165) is 31.5 Å². The summed E-state index contributed by atoms with van der Waals surface area (Å²) >= 11 is 0. The number of rotatable bonds is 9. The van der Waals surface area contributed by atoms with Gasteiger partial charge in [0.05, 0.1) is 0 Å². The van der Waals surface area contributed by atoms with Crippen molar-refractivity contribution in [1.82, 2.24) is 5.32 Å². The number of carbonyl (C=O) groups excluding carboxylic acids is 1. The van der Waals surface area contributed by atoms with Gasteiger partial charge in [-0.3, -0.25) is 4.79 Å². The van der Waals surface area contributed by atoms with Crippen molar-refractivity contribution in [2.45, 2.75) is 25.7 Å². The molecule has 0 aliphatic heterocycles. The summed E-state index contributed by atoms with van der Waals surface area (Å²) in [5.41, 5.74) is 12.9. The van der Waals surface area contributed by atoms with E-state index in [1.165, 1.54) is 5.69 Å². The van der Waals surface area contributed by atoms with Gasteiger partial charge in [-0.25, -0.2) is 0 Å². The predicted molar refractivity (Wildman–Crippen MR) is 84.7 cm³/mol. The molecule has 0 spiro atoms. The van der Waals surface area contributed by atoms with Crippen LogP contribution in [0.2, 0.25) is 0 Å². The Kier molecular flexibility index (Phi) is 7.50. The first-order valence-corrected chi connectivity index (χ1v) is 7.17. The van der Waals surface area contributed by atoms with E-state index in [0.29, 0.717) is 19.5 Å². The Balaban J connectivity index is 2.11. The molecule has 0 saturated carbocycles. The number of amides is 1. The number of benzene rings is 1. The molecule has 0 fully saturated rings. The van der Waals surface area contributed by atoms with Crippen molar-refractivity contribution < 1.29 is 4.79 Å². The topological polar surface area (TPSA) is 84.4 Å². The number of hydrogen-bond donors (Lipinski definition) is 3. The molecule has 0 atom stereocenters. The van der Waals surface area contributed by atoms with Gasteiger partial charge in [-0.2, -0.15) is 0 Å². The van der Waals surface area contributed by atoms with Gasteiger partial charge in [0.15, 0.2) is 0 Å². The second-order valence-corrected chi connectivity index (χ2v) is 4.96. The van der Waals surface area contributed by atoms with Crippen molar-refractivity contribution in [2.75, 3.05) is 37.3 Å². The Morgan fingerprint density at radius 1 is 1.20 bits per heavy atom. The molecule has 0 radical (unpaired) electrons. The second kappa shape index (κ2) is 9.20. The van der Waals surface area contributed by atoms with Gasteiger partial charge in [0, 0.05) is 44.5 Å². The summed E-state index contributed by atoms with van der Waals surface area (Å²) in [6.45, 7) is 2.05. The van der Waals surface area contributed by atoms with Gasteiger partial charge in [0.2, 0.25) is 5.91 Å². The Labute approximate surface area is 121 Å². The molecule has 1 amide bonds. The van der Waals surface area contributed by atoms with Crippen LogP contribution in [0.4, 0.5) is 11.4 Å². The van der Waals surface area contributed by atoms with Crippen molar-refractivity contribution in [3.05, 3.63) is 24.3 Å². The number of nitrogens with two attached hydrogens (primary N) is 2. The molecule has 0 aliphatic rings. The number of unbranched alkanes of at least 4 members (excludes halogenated alkanes) is 2. The molecule has 5 heteroatoms. The van der Waals surface area contributed by atoms with Gasteiger partial charge >= 0.3 is 0 Å². The van der Waals surface area contributed by atoms with Crippen LogP contribution in [0.25, 0.3) is 0 Å². The molecule has 0 saturated heterocycles. The summed E-state index contributed by atoms with van der Waals surface area (Å²) in [4.78, 5) is 13.6. The lowest BCUT2D eigenvalue weighted by atomic mass is 10.1. The normalized spacial score (nSPS) is 10.3. The molecule has 1 aromatic carbocycles. The van der Waals surface area contributed by atoms with Crippen LogP contribution in [0.15, 0.2) is 24.3 Å². The SMILES string of the molecule is CN(CCCCCC(=O)NCCN)c1ccc(N)cc1. The number of nitrogens with one attached hydrogen (secondary N) is 1.